The number of ether oxygens (including phenoxy) is 1. The highest BCUT2D eigenvalue weighted by Gasteiger charge is 2.25. The molecule has 0 aromatic heterocycles. The highest BCUT2D eigenvalue weighted by atomic mass is 16.5. The first-order valence-electron chi connectivity index (χ1n) is 7.90. The largest absolute Gasteiger partial charge is 0.457 e. The van der Waals surface area contributed by atoms with Gasteiger partial charge >= 0.3 is 0 Å². The minimum absolute atomic E-state index is 0.649. The van der Waals surface area contributed by atoms with Gasteiger partial charge in [0.15, 0.2) is 0 Å². The molecule has 0 radical (unpaired) electrons. The number of nitrogens with one attached hydrogen (secondary N) is 1. The van der Waals surface area contributed by atoms with E-state index in [9.17, 15) is 0 Å². The fourth-order valence-electron chi connectivity index (χ4n) is 3.22. The SMILES string of the molecule is CCC1CNCCC1c1cccc(Oc2ccccc2)c1. The molecule has 21 heavy (non-hydrogen) atoms. The summed E-state index contributed by atoms with van der Waals surface area (Å²) in [5, 5.41) is 3.51. The van der Waals surface area contributed by atoms with Crippen molar-refractivity contribution in [1.82, 2.24) is 5.32 Å². The van der Waals surface area contributed by atoms with Crippen LogP contribution >= 0.6 is 0 Å². The van der Waals surface area contributed by atoms with Crippen LogP contribution in [0, 0.1) is 5.92 Å². The minimum atomic E-state index is 0.649. The predicted octanol–water partition coefficient (Wildman–Crippen LogP) is 4.58. The first-order valence-corrected chi connectivity index (χ1v) is 7.90. The van der Waals surface area contributed by atoms with E-state index in [-0.39, 0.29) is 0 Å². The average Bonchev–Trinajstić information content (AvgIpc) is 2.56. The molecular weight excluding hydrogens is 258 g/mol. The third-order valence-corrected chi connectivity index (χ3v) is 4.40. The summed E-state index contributed by atoms with van der Waals surface area (Å²) in [5.41, 5.74) is 1.41. The Bertz CT molecular complexity index is 567. The zero-order valence-corrected chi connectivity index (χ0v) is 12.6. The Hall–Kier alpha value is -1.80. The highest BCUT2D eigenvalue weighted by Crippen LogP contribution is 2.34. The molecule has 0 bridgehead atoms. The van der Waals surface area contributed by atoms with Gasteiger partial charge in [-0.1, -0.05) is 43.7 Å². The number of benzene rings is 2. The van der Waals surface area contributed by atoms with E-state index in [4.69, 9.17) is 4.74 Å². The van der Waals surface area contributed by atoms with E-state index in [1.807, 2.05) is 36.4 Å². The van der Waals surface area contributed by atoms with E-state index in [1.54, 1.807) is 0 Å². The minimum Gasteiger partial charge on any atom is -0.457 e. The van der Waals surface area contributed by atoms with E-state index in [2.05, 4.69) is 30.4 Å². The van der Waals surface area contributed by atoms with Crippen LogP contribution in [0.3, 0.4) is 0 Å². The van der Waals surface area contributed by atoms with Crippen LogP contribution < -0.4 is 10.1 Å². The fourth-order valence-corrected chi connectivity index (χ4v) is 3.22. The van der Waals surface area contributed by atoms with Crippen LogP contribution in [0.2, 0.25) is 0 Å². The van der Waals surface area contributed by atoms with Crippen LogP contribution in [0.25, 0.3) is 0 Å². The molecule has 1 aliphatic rings. The summed E-state index contributed by atoms with van der Waals surface area (Å²) in [6.07, 6.45) is 2.44. The van der Waals surface area contributed by atoms with E-state index >= 15 is 0 Å². The first-order chi connectivity index (χ1) is 10.4. The molecule has 2 atom stereocenters. The third kappa shape index (κ3) is 3.45. The number of rotatable bonds is 4. The Morgan fingerprint density at radius 1 is 1.05 bits per heavy atom. The van der Waals surface area contributed by atoms with Gasteiger partial charge in [0.05, 0.1) is 0 Å². The van der Waals surface area contributed by atoms with Gasteiger partial charge in [0, 0.05) is 0 Å². The Morgan fingerprint density at radius 2 is 1.86 bits per heavy atom. The van der Waals surface area contributed by atoms with Gasteiger partial charge in [-0.05, 0) is 61.2 Å². The van der Waals surface area contributed by atoms with Gasteiger partial charge in [-0.2, -0.15) is 0 Å². The van der Waals surface area contributed by atoms with Crippen molar-refractivity contribution in [2.75, 3.05) is 13.1 Å². The van der Waals surface area contributed by atoms with Crippen molar-refractivity contribution in [3.05, 3.63) is 60.2 Å². The van der Waals surface area contributed by atoms with E-state index < -0.39 is 0 Å². The lowest BCUT2D eigenvalue weighted by molar-refractivity contribution is 0.317. The Balaban J connectivity index is 1.79. The van der Waals surface area contributed by atoms with Gasteiger partial charge in [0.1, 0.15) is 11.5 Å². The molecule has 2 heteroatoms. The van der Waals surface area contributed by atoms with Crippen molar-refractivity contribution in [3.63, 3.8) is 0 Å². The van der Waals surface area contributed by atoms with Crippen molar-refractivity contribution < 1.29 is 4.74 Å². The second kappa shape index (κ2) is 6.77. The fraction of sp³-hybridized carbons (Fsp3) is 0.368. The average molecular weight is 281 g/mol. The molecule has 1 N–H and O–H groups in total. The van der Waals surface area contributed by atoms with Crippen molar-refractivity contribution in [1.29, 1.82) is 0 Å². The molecule has 1 heterocycles. The predicted molar refractivity (Wildman–Crippen MR) is 87.0 cm³/mol. The summed E-state index contributed by atoms with van der Waals surface area (Å²) in [5.74, 6) is 3.21. The molecule has 0 saturated carbocycles. The number of piperidine rings is 1. The number of para-hydroxylation sites is 1. The summed E-state index contributed by atoms with van der Waals surface area (Å²) in [6, 6.07) is 18.6. The van der Waals surface area contributed by atoms with Gasteiger partial charge in [0.2, 0.25) is 0 Å². The van der Waals surface area contributed by atoms with Crippen molar-refractivity contribution >= 4 is 0 Å². The monoisotopic (exact) mass is 281 g/mol. The molecule has 2 aromatic rings. The third-order valence-electron chi connectivity index (χ3n) is 4.40. The lowest BCUT2D eigenvalue weighted by atomic mass is 9.80. The molecule has 0 amide bonds. The van der Waals surface area contributed by atoms with Gasteiger partial charge < -0.3 is 10.1 Å². The molecule has 1 saturated heterocycles. The maximum absolute atomic E-state index is 5.96. The van der Waals surface area contributed by atoms with Gasteiger partial charge in [-0.15, -0.1) is 0 Å². The molecule has 110 valence electrons. The summed E-state index contributed by atoms with van der Waals surface area (Å²) in [6.45, 7) is 4.53. The Kier molecular flexibility index (Phi) is 4.56. The number of hydrogen-bond donors (Lipinski definition) is 1. The molecule has 0 aliphatic carbocycles. The lowest BCUT2D eigenvalue weighted by Gasteiger charge is -2.32. The second-order valence-electron chi connectivity index (χ2n) is 5.76. The smallest absolute Gasteiger partial charge is 0.127 e. The summed E-state index contributed by atoms with van der Waals surface area (Å²) in [4.78, 5) is 0. The Labute approximate surface area is 127 Å². The molecule has 2 nitrogen and oxygen atoms in total. The molecule has 0 spiro atoms. The summed E-state index contributed by atoms with van der Waals surface area (Å²) < 4.78 is 5.96. The summed E-state index contributed by atoms with van der Waals surface area (Å²) in [7, 11) is 0. The summed E-state index contributed by atoms with van der Waals surface area (Å²) >= 11 is 0. The van der Waals surface area contributed by atoms with Gasteiger partial charge in [-0.25, -0.2) is 0 Å². The highest BCUT2D eigenvalue weighted by molar-refractivity contribution is 5.35. The molecular formula is C19H23NO. The van der Waals surface area contributed by atoms with Crippen LogP contribution in [-0.2, 0) is 0 Å². The van der Waals surface area contributed by atoms with Crippen LogP contribution in [-0.4, -0.2) is 13.1 Å². The standard InChI is InChI=1S/C19H23NO/c1-2-15-14-20-12-11-19(15)16-7-6-10-18(13-16)21-17-8-4-3-5-9-17/h3-10,13,15,19-20H,2,11-12,14H2,1H3. The maximum atomic E-state index is 5.96. The zero-order valence-electron chi connectivity index (χ0n) is 12.6. The van der Waals surface area contributed by atoms with E-state index in [0.29, 0.717) is 5.92 Å². The molecule has 3 rings (SSSR count). The van der Waals surface area contributed by atoms with E-state index in [0.717, 1.165) is 30.5 Å². The van der Waals surface area contributed by atoms with Crippen molar-refractivity contribution in [2.45, 2.75) is 25.7 Å². The normalized spacial score (nSPS) is 22.0. The lowest BCUT2D eigenvalue weighted by Crippen LogP contribution is -2.35. The van der Waals surface area contributed by atoms with Gasteiger partial charge in [-0.3, -0.25) is 0 Å². The zero-order chi connectivity index (χ0) is 14.5. The first kappa shape index (κ1) is 14.2. The second-order valence-corrected chi connectivity index (χ2v) is 5.76. The molecule has 1 aliphatic heterocycles. The van der Waals surface area contributed by atoms with Gasteiger partial charge in [0.25, 0.3) is 0 Å². The molecule has 2 unspecified atom stereocenters. The molecule has 2 aromatic carbocycles. The topological polar surface area (TPSA) is 21.3 Å². The van der Waals surface area contributed by atoms with Crippen molar-refractivity contribution in [2.24, 2.45) is 5.92 Å². The maximum Gasteiger partial charge on any atom is 0.127 e. The van der Waals surface area contributed by atoms with Crippen molar-refractivity contribution in [3.8, 4) is 11.5 Å². The van der Waals surface area contributed by atoms with Crippen LogP contribution in [0.1, 0.15) is 31.2 Å². The molecule has 1 fully saturated rings. The Morgan fingerprint density at radius 3 is 2.67 bits per heavy atom. The quantitative estimate of drug-likeness (QED) is 0.885. The van der Waals surface area contributed by atoms with Crippen LogP contribution in [0.15, 0.2) is 54.6 Å². The number of hydrogen-bond acceptors (Lipinski definition) is 2. The van der Waals surface area contributed by atoms with Crippen LogP contribution in [0.5, 0.6) is 11.5 Å². The van der Waals surface area contributed by atoms with Crippen LogP contribution in [0.4, 0.5) is 0 Å². The van der Waals surface area contributed by atoms with E-state index in [1.165, 1.54) is 18.4 Å².